The lowest BCUT2D eigenvalue weighted by Gasteiger charge is -2.03. The molecule has 1 heterocycles. The number of furan rings is 1. The van der Waals surface area contributed by atoms with Crippen molar-refractivity contribution in [2.45, 2.75) is 20.3 Å². The van der Waals surface area contributed by atoms with Gasteiger partial charge >= 0.3 is 0 Å². The zero-order valence-corrected chi connectivity index (χ0v) is 9.49. The fourth-order valence-electron chi connectivity index (χ4n) is 1.72. The zero-order valence-electron chi connectivity index (χ0n) is 9.49. The summed E-state index contributed by atoms with van der Waals surface area (Å²) in [5, 5.41) is 0. The van der Waals surface area contributed by atoms with E-state index in [1.807, 2.05) is 44.2 Å². The number of carbonyl (C=O) groups excluding carboxylic acids is 1. The maximum absolute atomic E-state index is 12.0. The molecule has 0 unspecified atom stereocenters. The molecule has 0 fully saturated rings. The molecule has 2 nitrogen and oxygen atoms in total. The number of hydrogen-bond donors (Lipinski definition) is 0. The fraction of sp³-hybridized carbons (Fsp3) is 0.214. The van der Waals surface area contributed by atoms with Crippen molar-refractivity contribution in [2.75, 3.05) is 0 Å². The first-order valence-corrected chi connectivity index (χ1v) is 5.30. The van der Waals surface area contributed by atoms with E-state index in [-0.39, 0.29) is 5.78 Å². The Bertz CT molecular complexity index is 509. The lowest BCUT2D eigenvalue weighted by molar-refractivity contribution is 0.0965. The molecule has 2 rings (SSSR count). The summed E-state index contributed by atoms with van der Waals surface area (Å²) in [4.78, 5) is 12.0. The molecular formula is C14H14O2. The summed E-state index contributed by atoms with van der Waals surface area (Å²) >= 11 is 0. The van der Waals surface area contributed by atoms with Gasteiger partial charge in [-0.15, -0.1) is 0 Å². The molecule has 0 bridgehead atoms. The van der Waals surface area contributed by atoms with Crippen molar-refractivity contribution >= 4 is 5.78 Å². The minimum Gasteiger partial charge on any atom is -0.461 e. The molecule has 82 valence electrons. The third-order valence-electron chi connectivity index (χ3n) is 2.73. The second-order valence-corrected chi connectivity index (χ2v) is 3.96. The van der Waals surface area contributed by atoms with E-state index in [1.54, 1.807) is 6.26 Å². The van der Waals surface area contributed by atoms with E-state index < -0.39 is 0 Å². The topological polar surface area (TPSA) is 30.2 Å². The molecule has 0 radical (unpaired) electrons. The molecule has 0 N–H and O–H groups in total. The molecule has 16 heavy (non-hydrogen) atoms. The minimum atomic E-state index is 0.0387. The van der Waals surface area contributed by atoms with Gasteiger partial charge in [0.25, 0.3) is 0 Å². The van der Waals surface area contributed by atoms with Crippen molar-refractivity contribution < 1.29 is 9.21 Å². The molecule has 0 aliphatic heterocycles. The van der Waals surface area contributed by atoms with Crippen LogP contribution in [0.2, 0.25) is 0 Å². The summed E-state index contributed by atoms with van der Waals surface area (Å²) in [6.07, 6.45) is 1.96. The van der Waals surface area contributed by atoms with Crippen LogP contribution in [0.4, 0.5) is 0 Å². The highest BCUT2D eigenvalue weighted by Gasteiger charge is 2.13. The monoisotopic (exact) mass is 214 g/mol. The van der Waals surface area contributed by atoms with Gasteiger partial charge in [-0.3, -0.25) is 4.79 Å². The first kappa shape index (κ1) is 10.7. The number of aryl methyl sites for hydroxylation is 2. The van der Waals surface area contributed by atoms with Gasteiger partial charge in [-0.25, -0.2) is 0 Å². The first-order chi connectivity index (χ1) is 7.68. The van der Waals surface area contributed by atoms with Crippen LogP contribution in [0.1, 0.15) is 27.2 Å². The number of rotatable bonds is 3. The largest absolute Gasteiger partial charge is 0.461 e. The number of ketones is 1. The molecular weight excluding hydrogens is 200 g/mol. The van der Waals surface area contributed by atoms with Crippen molar-refractivity contribution in [1.29, 1.82) is 0 Å². The normalized spacial score (nSPS) is 10.4. The summed E-state index contributed by atoms with van der Waals surface area (Å²) in [6.45, 7) is 3.90. The van der Waals surface area contributed by atoms with Gasteiger partial charge in [0.05, 0.1) is 6.26 Å². The molecule has 0 saturated heterocycles. The molecule has 0 aliphatic carbocycles. The third kappa shape index (κ3) is 2.06. The van der Waals surface area contributed by atoms with E-state index in [9.17, 15) is 4.79 Å². The summed E-state index contributed by atoms with van der Waals surface area (Å²) < 4.78 is 5.19. The molecule has 0 aliphatic rings. The predicted molar refractivity (Wildman–Crippen MR) is 62.7 cm³/mol. The second kappa shape index (κ2) is 4.35. The fourth-order valence-corrected chi connectivity index (χ4v) is 1.72. The molecule has 1 aromatic carbocycles. The van der Waals surface area contributed by atoms with E-state index >= 15 is 0 Å². The molecule has 0 atom stereocenters. The zero-order chi connectivity index (χ0) is 11.5. The number of carbonyl (C=O) groups is 1. The van der Waals surface area contributed by atoms with E-state index in [0.29, 0.717) is 12.2 Å². The van der Waals surface area contributed by atoms with Gasteiger partial charge in [-0.1, -0.05) is 24.3 Å². The Kier molecular flexibility index (Phi) is 2.91. The molecule has 1 aromatic heterocycles. The maximum Gasteiger partial charge on any atom is 0.202 e. The number of hydrogen-bond acceptors (Lipinski definition) is 2. The van der Waals surface area contributed by atoms with Crippen LogP contribution >= 0.6 is 0 Å². The van der Waals surface area contributed by atoms with Gasteiger partial charge in [-0.05, 0) is 36.6 Å². The summed E-state index contributed by atoms with van der Waals surface area (Å²) in [6, 6.07) is 9.72. The third-order valence-corrected chi connectivity index (χ3v) is 2.73. The lowest BCUT2D eigenvalue weighted by Crippen LogP contribution is -2.04. The highest BCUT2D eigenvalue weighted by atomic mass is 16.3. The van der Waals surface area contributed by atoms with Crippen LogP contribution in [0.25, 0.3) is 0 Å². The summed E-state index contributed by atoms with van der Waals surface area (Å²) in [7, 11) is 0. The van der Waals surface area contributed by atoms with E-state index in [4.69, 9.17) is 4.42 Å². The average Bonchev–Trinajstić information content (AvgIpc) is 2.68. The summed E-state index contributed by atoms with van der Waals surface area (Å²) in [5.74, 6) is 0.514. The Hall–Kier alpha value is -1.83. The van der Waals surface area contributed by atoms with E-state index in [0.717, 1.165) is 16.7 Å². The van der Waals surface area contributed by atoms with E-state index in [1.165, 1.54) is 0 Å². The first-order valence-electron chi connectivity index (χ1n) is 5.30. The Labute approximate surface area is 94.9 Å². The number of benzene rings is 1. The van der Waals surface area contributed by atoms with Crippen molar-refractivity contribution in [3.63, 3.8) is 0 Å². The Morgan fingerprint density at radius 1 is 1.12 bits per heavy atom. The molecule has 0 saturated carbocycles. The Morgan fingerprint density at radius 3 is 2.50 bits per heavy atom. The van der Waals surface area contributed by atoms with Crippen LogP contribution < -0.4 is 0 Å². The van der Waals surface area contributed by atoms with Crippen molar-refractivity contribution in [3.05, 3.63) is 59.0 Å². The van der Waals surface area contributed by atoms with Crippen LogP contribution in [0.15, 0.2) is 41.0 Å². The Morgan fingerprint density at radius 2 is 1.88 bits per heavy atom. The van der Waals surface area contributed by atoms with Gasteiger partial charge in [-0.2, -0.15) is 0 Å². The van der Waals surface area contributed by atoms with Gasteiger partial charge in [0.1, 0.15) is 0 Å². The van der Waals surface area contributed by atoms with Crippen LogP contribution in [0.5, 0.6) is 0 Å². The molecule has 2 aromatic rings. The standard InChI is InChI=1S/C14H14O2/c1-10-5-3-4-6-12(10)9-13(15)14-11(2)7-8-16-14/h3-8H,9H2,1-2H3. The summed E-state index contributed by atoms with van der Waals surface area (Å²) in [5.41, 5.74) is 3.10. The van der Waals surface area contributed by atoms with E-state index in [2.05, 4.69) is 0 Å². The van der Waals surface area contributed by atoms with Crippen LogP contribution in [-0.4, -0.2) is 5.78 Å². The lowest BCUT2D eigenvalue weighted by atomic mass is 10.0. The Balaban J connectivity index is 2.21. The SMILES string of the molecule is Cc1ccccc1CC(=O)c1occc1C. The highest BCUT2D eigenvalue weighted by molar-refractivity contribution is 5.96. The number of Topliss-reactive ketones (excluding diaryl/α,β-unsaturated/α-hetero) is 1. The van der Waals surface area contributed by atoms with Gasteiger partial charge in [0, 0.05) is 6.42 Å². The predicted octanol–water partition coefficient (Wildman–Crippen LogP) is 3.32. The maximum atomic E-state index is 12.0. The molecule has 2 heteroatoms. The van der Waals surface area contributed by atoms with Crippen molar-refractivity contribution in [3.8, 4) is 0 Å². The minimum absolute atomic E-state index is 0.0387. The average molecular weight is 214 g/mol. The van der Waals surface area contributed by atoms with Crippen LogP contribution in [0.3, 0.4) is 0 Å². The van der Waals surface area contributed by atoms with Crippen LogP contribution in [0, 0.1) is 13.8 Å². The van der Waals surface area contributed by atoms with Crippen molar-refractivity contribution in [2.24, 2.45) is 0 Å². The van der Waals surface area contributed by atoms with Gasteiger partial charge in [0.2, 0.25) is 5.78 Å². The molecule has 0 spiro atoms. The van der Waals surface area contributed by atoms with Gasteiger partial charge in [0.15, 0.2) is 5.76 Å². The molecule has 0 amide bonds. The van der Waals surface area contributed by atoms with Gasteiger partial charge < -0.3 is 4.42 Å². The smallest absolute Gasteiger partial charge is 0.202 e. The second-order valence-electron chi connectivity index (χ2n) is 3.96. The van der Waals surface area contributed by atoms with Crippen LogP contribution in [-0.2, 0) is 6.42 Å². The quantitative estimate of drug-likeness (QED) is 0.734. The van der Waals surface area contributed by atoms with Crippen molar-refractivity contribution in [1.82, 2.24) is 0 Å². The highest BCUT2D eigenvalue weighted by Crippen LogP contribution is 2.15.